The van der Waals surface area contributed by atoms with E-state index >= 15 is 0 Å². The van der Waals surface area contributed by atoms with Gasteiger partial charge in [0.05, 0.1) is 6.61 Å². The molecule has 0 aliphatic carbocycles. The molecule has 0 bridgehead atoms. The monoisotopic (exact) mass is 380 g/mol. The van der Waals surface area contributed by atoms with E-state index in [-0.39, 0.29) is 29.5 Å². The van der Waals surface area contributed by atoms with Gasteiger partial charge in [-0.2, -0.15) is 0 Å². The van der Waals surface area contributed by atoms with E-state index in [1.807, 2.05) is 20.8 Å². The van der Waals surface area contributed by atoms with Crippen molar-refractivity contribution < 1.29 is 9.53 Å². The molecule has 0 N–H and O–H groups in total. The fourth-order valence-corrected chi connectivity index (χ4v) is 3.50. The van der Waals surface area contributed by atoms with Gasteiger partial charge in [-0.25, -0.2) is 14.8 Å². The maximum Gasteiger partial charge on any atom is 0.332 e. The number of ether oxygens (including phenoxy) is 1. The van der Waals surface area contributed by atoms with Gasteiger partial charge in [-0.3, -0.25) is 18.7 Å². The average Bonchev–Trinajstić information content (AvgIpc) is 2.61. The SMILES string of the molecule is CCOC(=O)[C@H](CC)Sc1nc(C(C)C)nc2c1c(=O)n(C)c(=O)n2C. The summed E-state index contributed by atoms with van der Waals surface area (Å²) in [4.78, 5) is 46.1. The van der Waals surface area contributed by atoms with Crippen molar-refractivity contribution in [2.24, 2.45) is 14.1 Å². The van der Waals surface area contributed by atoms with Gasteiger partial charge in [-0.15, -0.1) is 0 Å². The standard InChI is InChI=1S/C17H24N4O4S/c1-7-10(16(23)25-8-2)26-14-11-13(18-12(19-14)9(3)4)20(5)17(24)21(6)15(11)22/h9-10H,7-8H2,1-6H3/t10-/m0/s1. The van der Waals surface area contributed by atoms with Crippen LogP contribution in [0.25, 0.3) is 11.0 Å². The summed E-state index contributed by atoms with van der Waals surface area (Å²) in [7, 11) is 2.98. The molecule has 2 heterocycles. The Hall–Kier alpha value is -2.16. The average molecular weight is 380 g/mol. The number of fused-ring (bicyclic) bond motifs is 1. The highest BCUT2D eigenvalue weighted by Crippen LogP contribution is 2.30. The lowest BCUT2D eigenvalue weighted by atomic mass is 10.2. The van der Waals surface area contributed by atoms with Gasteiger partial charge in [0.25, 0.3) is 5.56 Å². The first-order valence-electron chi connectivity index (χ1n) is 8.53. The van der Waals surface area contributed by atoms with Crippen molar-refractivity contribution in [1.82, 2.24) is 19.1 Å². The number of nitrogens with zero attached hydrogens (tertiary/aromatic N) is 4. The molecular formula is C17H24N4O4S. The normalized spacial score (nSPS) is 12.6. The zero-order valence-corrected chi connectivity index (χ0v) is 16.7. The van der Waals surface area contributed by atoms with Crippen LogP contribution >= 0.6 is 11.8 Å². The minimum atomic E-state index is -0.491. The number of esters is 1. The number of aromatic nitrogens is 4. The molecule has 0 saturated heterocycles. The molecule has 9 heteroatoms. The molecule has 2 aromatic rings. The minimum absolute atomic E-state index is 0.000537. The van der Waals surface area contributed by atoms with Crippen molar-refractivity contribution in [3.8, 4) is 0 Å². The zero-order chi connectivity index (χ0) is 19.6. The van der Waals surface area contributed by atoms with E-state index in [0.717, 1.165) is 4.57 Å². The van der Waals surface area contributed by atoms with E-state index in [4.69, 9.17) is 4.74 Å². The second-order valence-corrected chi connectivity index (χ2v) is 7.40. The lowest BCUT2D eigenvalue weighted by molar-refractivity contribution is -0.142. The molecule has 26 heavy (non-hydrogen) atoms. The van der Waals surface area contributed by atoms with E-state index in [2.05, 4.69) is 9.97 Å². The number of aryl methyl sites for hydroxylation is 1. The highest BCUT2D eigenvalue weighted by atomic mass is 32.2. The maximum absolute atomic E-state index is 12.7. The number of hydrogen-bond donors (Lipinski definition) is 0. The Bertz CT molecular complexity index is 948. The Kier molecular flexibility index (Phi) is 6.22. The number of carbonyl (C=O) groups is 1. The topological polar surface area (TPSA) is 96.1 Å². The number of thioether (sulfide) groups is 1. The first-order valence-corrected chi connectivity index (χ1v) is 9.41. The summed E-state index contributed by atoms with van der Waals surface area (Å²) in [6.45, 7) is 7.76. The Morgan fingerprint density at radius 3 is 2.35 bits per heavy atom. The predicted octanol–water partition coefficient (Wildman–Crippen LogP) is 1.58. The maximum atomic E-state index is 12.7. The molecule has 8 nitrogen and oxygen atoms in total. The van der Waals surface area contributed by atoms with Crippen LogP contribution in [0.5, 0.6) is 0 Å². The van der Waals surface area contributed by atoms with Crippen LogP contribution in [0.15, 0.2) is 14.6 Å². The molecule has 0 spiro atoms. The van der Waals surface area contributed by atoms with E-state index in [0.29, 0.717) is 17.3 Å². The van der Waals surface area contributed by atoms with Gasteiger partial charge < -0.3 is 4.74 Å². The van der Waals surface area contributed by atoms with Crippen molar-refractivity contribution in [3.05, 3.63) is 26.7 Å². The molecule has 1 atom stereocenters. The van der Waals surface area contributed by atoms with Crippen LogP contribution in [0, 0.1) is 0 Å². The molecule has 2 aromatic heterocycles. The Balaban J connectivity index is 2.76. The van der Waals surface area contributed by atoms with Gasteiger partial charge in [0, 0.05) is 20.0 Å². The molecule has 2 rings (SSSR count). The Morgan fingerprint density at radius 2 is 1.81 bits per heavy atom. The molecule has 0 fully saturated rings. The zero-order valence-electron chi connectivity index (χ0n) is 15.9. The Morgan fingerprint density at radius 1 is 1.15 bits per heavy atom. The van der Waals surface area contributed by atoms with Gasteiger partial charge in [0.1, 0.15) is 21.5 Å². The molecule has 0 unspecified atom stereocenters. The van der Waals surface area contributed by atoms with Gasteiger partial charge in [0.15, 0.2) is 5.65 Å². The van der Waals surface area contributed by atoms with Crippen molar-refractivity contribution in [2.75, 3.05) is 6.61 Å². The van der Waals surface area contributed by atoms with Crippen LogP contribution in [-0.2, 0) is 23.6 Å². The van der Waals surface area contributed by atoms with Crippen LogP contribution in [0.4, 0.5) is 0 Å². The highest BCUT2D eigenvalue weighted by molar-refractivity contribution is 8.00. The number of carbonyl (C=O) groups excluding carboxylic acids is 1. The first kappa shape index (κ1) is 20.2. The second kappa shape index (κ2) is 8.03. The third kappa shape index (κ3) is 3.67. The minimum Gasteiger partial charge on any atom is -0.465 e. The van der Waals surface area contributed by atoms with Crippen LogP contribution in [-0.4, -0.2) is 36.9 Å². The van der Waals surface area contributed by atoms with Crippen molar-refractivity contribution in [3.63, 3.8) is 0 Å². The smallest absolute Gasteiger partial charge is 0.332 e. The summed E-state index contributed by atoms with van der Waals surface area (Å²) < 4.78 is 7.47. The fourth-order valence-electron chi connectivity index (χ4n) is 2.46. The summed E-state index contributed by atoms with van der Waals surface area (Å²) in [6.07, 6.45) is 0.526. The van der Waals surface area contributed by atoms with E-state index in [1.54, 1.807) is 14.0 Å². The van der Waals surface area contributed by atoms with Crippen LogP contribution in [0.3, 0.4) is 0 Å². The largest absolute Gasteiger partial charge is 0.465 e. The number of rotatable bonds is 6. The molecule has 0 amide bonds. The van der Waals surface area contributed by atoms with Gasteiger partial charge in [-0.05, 0) is 13.3 Å². The molecular weight excluding hydrogens is 356 g/mol. The molecule has 0 saturated carbocycles. The van der Waals surface area contributed by atoms with Gasteiger partial charge >= 0.3 is 11.7 Å². The Labute approximate surface area is 155 Å². The van der Waals surface area contributed by atoms with E-state index in [9.17, 15) is 14.4 Å². The third-order valence-electron chi connectivity index (χ3n) is 3.97. The van der Waals surface area contributed by atoms with Crippen molar-refractivity contribution >= 4 is 28.8 Å². The molecule has 0 aliphatic heterocycles. The van der Waals surface area contributed by atoms with Crippen molar-refractivity contribution in [2.45, 2.75) is 50.3 Å². The number of hydrogen-bond acceptors (Lipinski definition) is 7. The lowest BCUT2D eigenvalue weighted by Crippen LogP contribution is -2.38. The summed E-state index contributed by atoms with van der Waals surface area (Å²) in [6, 6.07) is 0. The van der Waals surface area contributed by atoms with Crippen LogP contribution < -0.4 is 11.2 Å². The van der Waals surface area contributed by atoms with E-state index < -0.39 is 16.5 Å². The first-order chi connectivity index (χ1) is 12.2. The van der Waals surface area contributed by atoms with Crippen LogP contribution in [0.2, 0.25) is 0 Å². The van der Waals surface area contributed by atoms with Crippen molar-refractivity contribution in [1.29, 1.82) is 0 Å². The fraction of sp³-hybridized carbons (Fsp3) is 0.588. The third-order valence-corrected chi connectivity index (χ3v) is 5.30. The summed E-state index contributed by atoms with van der Waals surface area (Å²) in [5.74, 6) is 0.169. The van der Waals surface area contributed by atoms with Gasteiger partial charge in [0.2, 0.25) is 0 Å². The quantitative estimate of drug-likeness (QED) is 0.426. The summed E-state index contributed by atoms with van der Waals surface area (Å²) in [5.41, 5.74) is -0.651. The summed E-state index contributed by atoms with van der Waals surface area (Å²) >= 11 is 1.18. The molecule has 0 aliphatic rings. The molecule has 142 valence electrons. The van der Waals surface area contributed by atoms with E-state index in [1.165, 1.54) is 23.4 Å². The highest BCUT2D eigenvalue weighted by Gasteiger charge is 2.25. The molecule has 0 radical (unpaired) electrons. The summed E-state index contributed by atoms with van der Waals surface area (Å²) in [5, 5.41) is 0.150. The second-order valence-electron chi connectivity index (χ2n) is 6.21. The van der Waals surface area contributed by atoms with Crippen LogP contribution in [0.1, 0.15) is 45.9 Å². The van der Waals surface area contributed by atoms with Gasteiger partial charge in [-0.1, -0.05) is 32.5 Å². The lowest BCUT2D eigenvalue weighted by Gasteiger charge is -2.16. The molecule has 0 aromatic carbocycles. The predicted molar refractivity (Wildman–Crippen MR) is 101 cm³/mol.